The maximum absolute atomic E-state index is 11.2. The Bertz CT molecular complexity index is 558. The van der Waals surface area contributed by atoms with Crippen LogP contribution in [-0.4, -0.2) is 11.1 Å². The van der Waals surface area contributed by atoms with Gasteiger partial charge in [-0.15, -0.1) is 0 Å². The largest absolute Gasteiger partial charge is 0.478 e. The fourth-order valence-electron chi connectivity index (χ4n) is 2.26. The minimum Gasteiger partial charge on any atom is -0.478 e. The molecule has 0 radical (unpaired) electrons. The minimum absolute atomic E-state index is 0.116. The number of rotatable bonds is 3. The van der Waals surface area contributed by atoms with Gasteiger partial charge in [0.15, 0.2) is 0 Å². The van der Waals surface area contributed by atoms with E-state index in [0.29, 0.717) is 5.57 Å². The Hall–Kier alpha value is -0.370. The summed E-state index contributed by atoms with van der Waals surface area (Å²) in [5.41, 5.74) is 1.56. The molecule has 2 rings (SSSR count). The van der Waals surface area contributed by atoms with Gasteiger partial charge in [0.2, 0.25) is 0 Å². The molecule has 0 saturated heterocycles. The molecule has 0 spiro atoms. The average molecular weight is 480 g/mol. The first-order chi connectivity index (χ1) is 8.89. The summed E-state index contributed by atoms with van der Waals surface area (Å²) in [6.45, 7) is 2.12. The molecule has 1 aromatic rings. The second-order valence-corrected chi connectivity index (χ2v) is 7.48. The van der Waals surface area contributed by atoms with Crippen molar-refractivity contribution in [2.75, 3.05) is 0 Å². The van der Waals surface area contributed by atoms with Crippen molar-refractivity contribution >= 4 is 51.2 Å². The Labute approximate surface area is 140 Å². The molecule has 0 heterocycles. The highest BCUT2D eigenvalue weighted by atomic mass is 127. The van der Waals surface area contributed by atoms with E-state index < -0.39 is 5.97 Å². The second kappa shape index (κ2) is 5.95. The highest BCUT2D eigenvalue weighted by Crippen LogP contribution is 2.38. The fraction of sp³-hybridized carbons (Fsp3) is 0.267. The molecule has 2 nitrogen and oxygen atoms in total. The lowest BCUT2D eigenvalue weighted by Crippen LogP contribution is -2.21. The van der Waals surface area contributed by atoms with Crippen LogP contribution in [0.3, 0.4) is 0 Å². The van der Waals surface area contributed by atoms with Gasteiger partial charge in [-0.3, -0.25) is 0 Å². The molecule has 0 aliphatic heterocycles. The predicted molar refractivity (Wildman–Crippen MR) is 93.4 cm³/mol. The van der Waals surface area contributed by atoms with Gasteiger partial charge >= 0.3 is 5.97 Å². The van der Waals surface area contributed by atoms with Crippen molar-refractivity contribution in [2.45, 2.75) is 19.8 Å². The fourth-order valence-corrected chi connectivity index (χ4v) is 3.23. The van der Waals surface area contributed by atoms with E-state index >= 15 is 0 Å². The van der Waals surface area contributed by atoms with E-state index in [4.69, 9.17) is 0 Å². The highest BCUT2D eigenvalue weighted by Gasteiger charge is 2.28. The monoisotopic (exact) mass is 480 g/mol. The number of halogens is 2. The molecule has 1 N–H and O–H groups in total. The van der Waals surface area contributed by atoms with Crippen LogP contribution in [-0.2, 0) is 11.2 Å². The molecule has 4 heteroatoms. The van der Waals surface area contributed by atoms with Crippen LogP contribution in [0.2, 0.25) is 0 Å². The lowest BCUT2D eigenvalue weighted by atomic mass is 9.76. The molecule has 1 aliphatic rings. The molecule has 1 unspecified atom stereocenters. The number of hydrogen-bond donors (Lipinski definition) is 1. The number of carboxylic acids is 1. The summed E-state index contributed by atoms with van der Waals surface area (Å²) >= 11 is 4.38. The summed E-state index contributed by atoms with van der Waals surface area (Å²) in [5, 5.41) is 9.23. The predicted octanol–water partition coefficient (Wildman–Crippen LogP) is 4.57. The summed E-state index contributed by atoms with van der Waals surface area (Å²) in [4.78, 5) is 11.2. The van der Waals surface area contributed by atoms with Gasteiger partial charge in [0.25, 0.3) is 0 Å². The second-order valence-electron chi connectivity index (χ2n) is 5.08. The van der Waals surface area contributed by atoms with E-state index in [9.17, 15) is 9.90 Å². The van der Waals surface area contributed by atoms with Crippen LogP contribution in [0.5, 0.6) is 0 Å². The zero-order valence-corrected chi connectivity index (χ0v) is 14.8. The molecule has 0 amide bonds. The van der Waals surface area contributed by atoms with E-state index in [0.717, 1.165) is 16.4 Å². The van der Waals surface area contributed by atoms with Gasteiger partial charge in [-0.05, 0) is 81.1 Å². The zero-order valence-electron chi connectivity index (χ0n) is 10.5. The van der Waals surface area contributed by atoms with Crippen LogP contribution in [0.15, 0.2) is 45.6 Å². The third kappa shape index (κ3) is 3.81. The summed E-state index contributed by atoms with van der Waals surface area (Å²) < 4.78 is 2.05. The molecular formula is C15H14I2O2. The molecule has 1 aliphatic carbocycles. The van der Waals surface area contributed by atoms with Crippen molar-refractivity contribution in [1.82, 2.24) is 0 Å². The number of carboxylic acid groups (broad SMARTS) is 1. The number of allylic oxidation sites excluding steroid dienone is 2. The lowest BCUT2D eigenvalue weighted by Gasteiger charge is -2.29. The Morgan fingerprint density at radius 1 is 1.32 bits per heavy atom. The van der Waals surface area contributed by atoms with Gasteiger partial charge in [0, 0.05) is 7.15 Å². The first-order valence-electron chi connectivity index (χ1n) is 5.96. The van der Waals surface area contributed by atoms with E-state index in [1.165, 1.54) is 9.13 Å². The summed E-state index contributed by atoms with van der Waals surface area (Å²) in [7, 11) is 0. The van der Waals surface area contributed by atoms with Crippen LogP contribution in [0.1, 0.15) is 18.9 Å². The Balaban J connectivity index is 2.24. The summed E-state index contributed by atoms with van der Waals surface area (Å²) in [6, 6.07) is 8.40. The minimum atomic E-state index is -0.839. The Kier molecular flexibility index (Phi) is 4.70. The van der Waals surface area contributed by atoms with Crippen LogP contribution in [0, 0.1) is 8.99 Å². The van der Waals surface area contributed by atoms with Gasteiger partial charge in [0.1, 0.15) is 0 Å². The van der Waals surface area contributed by atoms with Gasteiger partial charge in [0.05, 0.1) is 5.57 Å². The van der Waals surface area contributed by atoms with Crippen molar-refractivity contribution in [2.24, 2.45) is 5.41 Å². The smallest absolute Gasteiger partial charge is 0.336 e. The molecule has 0 fully saturated rings. The SMILES string of the molecule is CC1(Cc2ccc(I)cc2)C=C(C(=O)O)C(I)=CC1. The molecule has 1 atom stereocenters. The van der Waals surface area contributed by atoms with Crippen molar-refractivity contribution in [3.05, 3.63) is 54.7 Å². The Morgan fingerprint density at radius 2 is 1.95 bits per heavy atom. The van der Waals surface area contributed by atoms with Crippen molar-refractivity contribution in [1.29, 1.82) is 0 Å². The van der Waals surface area contributed by atoms with Gasteiger partial charge in [-0.1, -0.05) is 31.2 Å². The molecule has 19 heavy (non-hydrogen) atoms. The molecular weight excluding hydrogens is 466 g/mol. The van der Waals surface area contributed by atoms with E-state index in [2.05, 4.69) is 76.4 Å². The van der Waals surface area contributed by atoms with Gasteiger partial charge in [-0.2, -0.15) is 0 Å². The molecule has 100 valence electrons. The van der Waals surface area contributed by atoms with E-state index in [1.54, 1.807) is 0 Å². The van der Waals surface area contributed by atoms with Crippen molar-refractivity contribution in [3.8, 4) is 0 Å². The zero-order chi connectivity index (χ0) is 14.0. The molecule has 0 bridgehead atoms. The standard InChI is InChI=1S/C15H14I2O2/c1-15(8-10-2-4-11(16)5-3-10)7-6-13(17)12(9-15)14(18)19/h2-6,9H,7-8H2,1H3,(H,18,19). The maximum Gasteiger partial charge on any atom is 0.336 e. The quantitative estimate of drug-likeness (QED) is 0.644. The lowest BCUT2D eigenvalue weighted by molar-refractivity contribution is -0.132. The third-order valence-electron chi connectivity index (χ3n) is 3.25. The number of aliphatic carboxylic acids is 1. The maximum atomic E-state index is 11.2. The van der Waals surface area contributed by atoms with Gasteiger partial charge in [-0.25, -0.2) is 4.79 Å². The van der Waals surface area contributed by atoms with Crippen molar-refractivity contribution < 1.29 is 9.90 Å². The van der Waals surface area contributed by atoms with Gasteiger partial charge < -0.3 is 5.11 Å². The third-order valence-corrected chi connectivity index (χ3v) is 4.99. The number of benzene rings is 1. The van der Waals surface area contributed by atoms with Crippen LogP contribution < -0.4 is 0 Å². The first-order valence-corrected chi connectivity index (χ1v) is 8.12. The summed E-state index contributed by atoms with van der Waals surface area (Å²) in [5.74, 6) is -0.839. The normalized spacial score (nSPS) is 22.7. The molecule has 1 aromatic carbocycles. The van der Waals surface area contributed by atoms with Crippen molar-refractivity contribution in [3.63, 3.8) is 0 Å². The molecule has 0 aromatic heterocycles. The average Bonchev–Trinajstić information content (AvgIpc) is 2.35. The first kappa shape index (κ1) is 15.0. The van der Waals surface area contributed by atoms with E-state index in [-0.39, 0.29) is 5.41 Å². The Morgan fingerprint density at radius 3 is 2.53 bits per heavy atom. The van der Waals surface area contributed by atoms with Crippen LogP contribution >= 0.6 is 45.2 Å². The van der Waals surface area contributed by atoms with Crippen LogP contribution in [0.25, 0.3) is 0 Å². The highest BCUT2D eigenvalue weighted by molar-refractivity contribution is 14.1. The molecule has 0 saturated carbocycles. The summed E-state index contributed by atoms with van der Waals surface area (Å²) in [6.07, 6.45) is 5.68. The van der Waals surface area contributed by atoms with E-state index in [1.807, 2.05) is 12.2 Å². The topological polar surface area (TPSA) is 37.3 Å². The van der Waals surface area contributed by atoms with Crippen LogP contribution in [0.4, 0.5) is 0 Å². The number of carbonyl (C=O) groups is 1. The number of hydrogen-bond acceptors (Lipinski definition) is 1.